The summed E-state index contributed by atoms with van der Waals surface area (Å²) in [6.45, 7) is 0. The molecule has 0 fully saturated rings. The average Bonchev–Trinajstić information content (AvgIpc) is 2.53. The predicted molar refractivity (Wildman–Crippen MR) is 84.5 cm³/mol. The van der Waals surface area contributed by atoms with Crippen molar-refractivity contribution in [1.82, 2.24) is 9.97 Å². The first kappa shape index (κ1) is 13.6. The summed E-state index contributed by atoms with van der Waals surface area (Å²) in [7, 11) is 0. The van der Waals surface area contributed by atoms with Crippen LogP contribution in [0, 0.1) is 0 Å². The maximum absolute atomic E-state index is 5.98. The Morgan fingerprint density at radius 3 is 2.81 bits per heavy atom. The second-order valence-corrected chi connectivity index (χ2v) is 5.21. The molecule has 0 amide bonds. The summed E-state index contributed by atoms with van der Waals surface area (Å²) in [5.41, 5.74) is 7.64. The zero-order valence-corrected chi connectivity index (χ0v) is 11.9. The molecule has 1 aliphatic carbocycles. The highest BCUT2D eigenvalue weighted by Crippen LogP contribution is 2.17. The van der Waals surface area contributed by atoms with E-state index in [1.807, 2.05) is 35.6 Å². The number of quaternary nitrogens is 1. The Hall–Kier alpha value is -2.40. The van der Waals surface area contributed by atoms with Crippen molar-refractivity contribution in [2.45, 2.75) is 25.3 Å². The first-order valence-electron chi connectivity index (χ1n) is 7.25. The van der Waals surface area contributed by atoms with Gasteiger partial charge in [0.25, 0.3) is 5.82 Å². The molecular formula is C16H20N5+. The SMILES string of the molecule is Nc1cnc(NC2CC=CCC2)nc1[NH2+]c1ccccc1. The zero-order valence-electron chi connectivity index (χ0n) is 11.9. The van der Waals surface area contributed by atoms with Crippen LogP contribution in [0.15, 0.2) is 48.7 Å². The van der Waals surface area contributed by atoms with Gasteiger partial charge in [-0.15, -0.1) is 0 Å². The minimum atomic E-state index is 0.406. The van der Waals surface area contributed by atoms with E-state index in [4.69, 9.17) is 5.73 Å². The van der Waals surface area contributed by atoms with Crippen molar-refractivity contribution >= 4 is 23.1 Å². The fourth-order valence-corrected chi connectivity index (χ4v) is 2.40. The topological polar surface area (TPSA) is 80.4 Å². The molecule has 21 heavy (non-hydrogen) atoms. The van der Waals surface area contributed by atoms with E-state index in [2.05, 4.69) is 27.4 Å². The van der Waals surface area contributed by atoms with Gasteiger partial charge in [0.2, 0.25) is 5.95 Å². The van der Waals surface area contributed by atoms with E-state index in [1.165, 1.54) is 0 Å². The van der Waals surface area contributed by atoms with Gasteiger partial charge in [-0.2, -0.15) is 4.98 Å². The lowest BCUT2D eigenvalue weighted by molar-refractivity contribution is -0.482. The molecule has 3 rings (SSSR count). The molecule has 0 saturated carbocycles. The van der Waals surface area contributed by atoms with Crippen LogP contribution in [0.25, 0.3) is 0 Å². The Morgan fingerprint density at radius 2 is 2.05 bits per heavy atom. The number of benzene rings is 1. The van der Waals surface area contributed by atoms with Gasteiger partial charge in [0.15, 0.2) is 0 Å². The molecule has 1 aliphatic rings. The lowest BCUT2D eigenvalue weighted by atomic mass is 10.0. The third-order valence-corrected chi connectivity index (χ3v) is 3.55. The average molecular weight is 282 g/mol. The number of para-hydroxylation sites is 1. The largest absolute Gasteiger partial charge is 0.391 e. The summed E-state index contributed by atoms with van der Waals surface area (Å²) >= 11 is 0. The van der Waals surface area contributed by atoms with Crippen LogP contribution in [0.2, 0.25) is 0 Å². The molecule has 0 saturated heterocycles. The monoisotopic (exact) mass is 282 g/mol. The van der Waals surface area contributed by atoms with Crippen LogP contribution in [-0.2, 0) is 0 Å². The predicted octanol–water partition coefficient (Wildman–Crippen LogP) is 2.11. The number of allylic oxidation sites excluding steroid dienone is 1. The fraction of sp³-hybridized carbons (Fsp3) is 0.250. The van der Waals surface area contributed by atoms with Crippen LogP contribution in [0.4, 0.5) is 23.1 Å². The molecule has 0 spiro atoms. The highest BCUT2D eigenvalue weighted by atomic mass is 15.2. The van der Waals surface area contributed by atoms with Crippen LogP contribution < -0.4 is 16.4 Å². The summed E-state index contributed by atoms with van der Waals surface area (Å²) in [4.78, 5) is 8.82. The smallest absolute Gasteiger partial charge is 0.257 e. The lowest BCUT2D eigenvalue weighted by Gasteiger charge is -2.19. The van der Waals surface area contributed by atoms with E-state index >= 15 is 0 Å². The fourth-order valence-electron chi connectivity index (χ4n) is 2.40. The summed E-state index contributed by atoms with van der Waals surface area (Å²) in [6.07, 6.45) is 9.33. The molecule has 5 nitrogen and oxygen atoms in total. The van der Waals surface area contributed by atoms with Crippen molar-refractivity contribution in [3.05, 3.63) is 48.7 Å². The van der Waals surface area contributed by atoms with Crippen molar-refractivity contribution in [3.8, 4) is 0 Å². The molecule has 0 radical (unpaired) electrons. The van der Waals surface area contributed by atoms with E-state index in [0.717, 1.165) is 30.8 Å². The first-order valence-corrected chi connectivity index (χ1v) is 7.25. The van der Waals surface area contributed by atoms with Crippen LogP contribution >= 0.6 is 0 Å². The van der Waals surface area contributed by atoms with Gasteiger partial charge in [-0.3, -0.25) is 5.32 Å². The minimum absolute atomic E-state index is 0.406. The van der Waals surface area contributed by atoms with E-state index in [1.54, 1.807) is 6.20 Å². The van der Waals surface area contributed by atoms with Crippen LogP contribution in [0.3, 0.4) is 0 Å². The molecule has 1 heterocycles. The number of nitrogens with one attached hydrogen (secondary N) is 1. The highest BCUT2D eigenvalue weighted by Gasteiger charge is 2.14. The molecule has 2 aromatic rings. The maximum Gasteiger partial charge on any atom is 0.257 e. The number of nitrogen functional groups attached to an aromatic ring is 1. The van der Waals surface area contributed by atoms with Gasteiger partial charge >= 0.3 is 0 Å². The quantitative estimate of drug-likeness (QED) is 0.592. The van der Waals surface area contributed by atoms with Crippen molar-refractivity contribution < 1.29 is 5.32 Å². The standard InChI is InChI=1S/C16H19N5/c17-14-11-18-16(20-13-9-5-2-6-10-13)21-15(14)19-12-7-3-1-4-8-12/h1-5,7-8,11,13H,6,9-10,17H2,(H2,18,19,20,21)/p+1. The Balaban J connectivity index is 1.74. The molecule has 1 atom stereocenters. The first-order chi connectivity index (χ1) is 10.3. The molecule has 5 N–H and O–H groups in total. The van der Waals surface area contributed by atoms with Crippen LogP contribution in [0.5, 0.6) is 0 Å². The van der Waals surface area contributed by atoms with Gasteiger partial charge in [-0.25, -0.2) is 4.98 Å². The molecular weight excluding hydrogens is 262 g/mol. The highest BCUT2D eigenvalue weighted by molar-refractivity contribution is 5.54. The second kappa shape index (κ2) is 6.37. The van der Waals surface area contributed by atoms with E-state index in [9.17, 15) is 0 Å². The molecule has 1 aromatic carbocycles. The maximum atomic E-state index is 5.98. The van der Waals surface area contributed by atoms with Crippen molar-refractivity contribution in [3.63, 3.8) is 0 Å². The molecule has 1 aromatic heterocycles. The normalized spacial score (nSPS) is 17.6. The van der Waals surface area contributed by atoms with E-state index in [-0.39, 0.29) is 0 Å². The molecule has 1 unspecified atom stereocenters. The van der Waals surface area contributed by atoms with E-state index < -0.39 is 0 Å². The number of anilines is 2. The van der Waals surface area contributed by atoms with Crippen molar-refractivity contribution in [2.24, 2.45) is 0 Å². The van der Waals surface area contributed by atoms with Crippen molar-refractivity contribution in [2.75, 3.05) is 11.1 Å². The number of aromatic nitrogens is 2. The number of nitrogens with two attached hydrogens (primary N) is 2. The lowest BCUT2D eigenvalue weighted by Crippen LogP contribution is -2.71. The van der Waals surface area contributed by atoms with Gasteiger partial charge in [0.05, 0.1) is 6.20 Å². The van der Waals surface area contributed by atoms with Gasteiger partial charge in [0.1, 0.15) is 11.4 Å². The molecule has 0 bridgehead atoms. The van der Waals surface area contributed by atoms with Crippen LogP contribution in [-0.4, -0.2) is 16.0 Å². The van der Waals surface area contributed by atoms with E-state index in [0.29, 0.717) is 17.7 Å². The van der Waals surface area contributed by atoms with Gasteiger partial charge in [0, 0.05) is 6.04 Å². The number of nitrogens with zero attached hydrogens (tertiary/aromatic N) is 2. The Morgan fingerprint density at radius 1 is 1.19 bits per heavy atom. The Kier molecular flexibility index (Phi) is 4.12. The van der Waals surface area contributed by atoms with Gasteiger partial charge < -0.3 is 11.1 Å². The Bertz CT molecular complexity index is 624. The van der Waals surface area contributed by atoms with Crippen LogP contribution in [0.1, 0.15) is 19.3 Å². The third-order valence-electron chi connectivity index (χ3n) is 3.55. The number of rotatable bonds is 4. The summed E-state index contributed by atoms with van der Waals surface area (Å²) < 4.78 is 0. The third kappa shape index (κ3) is 3.58. The Labute approximate surface area is 124 Å². The van der Waals surface area contributed by atoms with Crippen molar-refractivity contribution in [1.29, 1.82) is 0 Å². The molecule has 108 valence electrons. The molecule has 0 aliphatic heterocycles. The number of hydrogen-bond donors (Lipinski definition) is 3. The molecule has 5 heteroatoms. The van der Waals surface area contributed by atoms with Gasteiger partial charge in [-0.1, -0.05) is 30.4 Å². The minimum Gasteiger partial charge on any atom is -0.391 e. The van der Waals surface area contributed by atoms with Gasteiger partial charge in [-0.05, 0) is 31.4 Å². The summed E-state index contributed by atoms with van der Waals surface area (Å²) in [5.74, 6) is 1.40. The summed E-state index contributed by atoms with van der Waals surface area (Å²) in [5, 5.41) is 5.36. The summed E-state index contributed by atoms with van der Waals surface area (Å²) in [6, 6.07) is 10.4. The number of hydrogen-bond acceptors (Lipinski definition) is 4. The second-order valence-electron chi connectivity index (χ2n) is 5.21. The zero-order chi connectivity index (χ0) is 14.5.